The molecule has 0 heterocycles. The Bertz CT molecular complexity index is 135. The SMILES string of the molecule is C=COCCOC(=O)C(O)Cl. The zero-order valence-corrected chi connectivity index (χ0v) is 6.58. The summed E-state index contributed by atoms with van der Waals surface area (Å²) in [6.45, 7) is 3.53. The molecule has 0 spiro atoms. The lowest BCUT2D eigenvalue weighted by molar-refractivity contribution is -0.150. The van der Waals surface area contributed by atoms with E-state index >= 15 is 0 Å². The van der Waals surface area contributed by atoms with Crippen molar-refractivity contribution in [3.05, 3.63) is 12.8 Å². The molecule has 0 bridgehead atoms. The van der Waals surface area contributed by atoms with Gasteiger partial charge < -0.3 is 14.6 Å². The number of carbonyl (C=O) groups excluding carboxylic acids is 1. The summed E-state index contributed by atoms with van der Waals surface area (Å²) in [6, 6.07) is 0. The minimum atomic E-state index is -1.60. The van der Waals surface area contributed by atoms with Gasteiger partial charge in [-0.15, -0.1) is 0 Å². The lowest BCUT2D eigenvalue weighted by atomic mass is 10.7. The number of carbonyl (C=O) groups is 1. The highest BCUT2D eigenvalue weighted by Crippen LogP contribution is 1.92. The molecule has 4 nitrogen and oxygen atoms in total. The molecule has 11 heavy (non-hydrogen) atoms. The third-order valence-electron chi connectivity index (χ3n) is 0.758. The number of ether oxygens (including phenoxy) is 2. The molecule has 0 fully saturated rings. The van der Waals surface area contributed by atoms with E-state index in [1.54, 1.807) is 0 Å². The van der Waals surface area contributed by atoms with E-state index in [0.29, 0.717) is 0 Å². The fourth-order valence-electron chi connectivity index (χ4n) is 0.342. The fourth-order valence-corrected chi connectivity index (χ4v) is 0.405. The van der Waals surface area contributed by atoms with Gasteiger partial charge in [-0.1, -0.05) is 18.2 Å². The Morgan fingerprint density at radius 3 is 2.82 bits per heavy atom. The third kappa shape index (κ3) is 5.69. The molecular formula is C6H9ClO4. The van der Waals surface area contributed by atoms with Crippen molar-refractivity contribution in [2.24, 2.45) is 0 Å². The molecule has 1 atom stereocenters. The quantitative estimate of drug-likeness (QED) is 0.285. The molecule has 0 amide bonds. The van der Waals surface area contributed by atoms with Crippen molar-refractivity contribution in [2.75, 3.05) is 13.2 Å². The molecule has 0 aliphatic carbocycles. The molecule has 64 valence electrons. The molecule has 0 rings (SSSR count). The van der Waals surface area contributed by atoms with Crippen LogP contribution < -0.4 is 0 Å². The predicted octanol–water partition coefficient (Wildman–Crippen LogP) is 0.247. The summed E-state index contributed by atoms with van der Waals surface area (Å²) in [4.78, 5) is 10.4. The van der Waals surface area contributed by atoms with Crippen LogP contribution in [0.1, 0.15) is 0 Å². The van der Waals surface area contributed by atoms with Crippen LogP contribution in [-0.2, 0) is 14.3 Å². The zero-order valence-electron chi connectivity index (χ0n) is 5.83. The minimum Gasteiger partial charge on any atom is -0.498 e. The van der Waals surface area contributed by atoms with Crippen LogP contribution in [0.4, 0.5) is 0 Å². The second-order valence-corrected chi connectivity index (χ2v) is 1.95. The zero-order chi connectivity index (χ0) is 8.69. The highest BCUT2D eigenvalue weighted by molar-refractivity contribution is 6.28. The number of hydrogen-bond acceptors (Lipinski definition) is 4. The number of aliphatic hydroxyl groups is 1. The van der Waals surface area contributed by atoms with E-state index in [1.807, 2.05) is 0 Å². The summed E-state index contributed by atoms with van der Waals surface area (Å²) in [5, 5.41) is 8.41. The fraction of sp³-hybridized carbons (Fsp3) is 0.500. The Labute approximate surface area is 69.4 Å². The van der Waals surface area contributed by atoms with Gasteiger partial charge >= 0.3 is 5.97 Å². The van der Waals surface area contributed by atoms with Gasteiger partial charge in [0.15, 0.2) is 0 Å². The molecule has 0 aromatic heterocycles. The summed E-state index contributed by atoms with van der Waals surface area (Å²) in [5.74, 6) is -0.876. The molecule has 0 saturated heterocycles. The Hall–Kier alpha value is -0.740. The standard InChI is InChI=1S/C6H9ClO4/c1-2-10-3-4-11-6(9)5(7)8/h2,5,8H,1,3-4H2. The average molecular weight is 181 g/mol. The van der Waals surface area contributed by atoms with Gasteiger partial charge in [-0.2, -0.15) is 0 Å². The number of esters is 1. The first-order valence-corrected chi connectivity index (χ1v) is 3.33. The van der Waals surface area contributed by atoms with Crippen molar-refractivity contribution in [3.63, 3.8) is 0 Å². The number of rotatable bonds is 5. The monoisotopic (exact) mass is 180 g/mol. The van der Waals surface area contributed by atoms with E-state index in [1.165, 1.54) is 6.26 Å². The number of aliphatic hydroxyl groups excluding tert-OH is 1. The molecule has 0 aromatic rings. The van der Waals surface area contributed by atoms with Crippen LogP contribution in [-0.4, -0.2) is 29.9 Å². The largest absolute Gasteiger partial charge is 0.498 e. The highest BCUT2D eigenvalue weighted by Gasteiger charge is 2.11. The second-order valence-electron chi connectivity index (χ2n) is 1.54. The Kier molecular flexibility index (Phi) is 5.60. The number of halogens is 1. The van der Waals surface area contributed by atoms with Crippen molar-refractivity contribution in [2.45, 2.75) is 5.56 Å². The van der Waals surface area contributed by atoms with E-state index in [0.717, 1.165) is 0 Å². The highest BCUT2D eigenvalue weighted by atomic mass is 35.5. The van der Waals surface area contributed by atoms with E-state index in [9.17, 15) is 4.79 Å². The van der Waals surface area contributed by atoms with E-state index < -0.39 is 11.5 Å². The molecule has 0 aliphatic heterocycles. The maximum Gasteiger partial charge on any atom is 0.350 e. The van der Waals surface area contributed by atoms with Crippen LogP contribution in [0.5, 0.6) is 0 Å². The number of hydrogen-bond donors (Lipinski definition) is 1. The van der Waals surface area contributed by atoms with Crippen LogP contribution in [0.15, 0.2) is 12.8 Å². The van der Waals surface area contributed by atoms with Crippen LogP contribution in [0, 0.1) is 0 Å². The molecule has 0 aliphatic rings. The smallest absolute Gasteiger partial charge is 0.350 e. The van der Waals surface area contributed by atoms with Crippen molar-refractivity contribution in [1.82, 2.24) is 0 Å². The first-order valence-electron chi connectivity index (χ1n) is 2.89. The Morgan fingerprint density at radius 2 is 2.36 bits per heavy atom. The van der Waals surface area contributed by atoms with Gasteiger partial charge in [0.25, 0.3) is 0 Å². The van der Waals surface area contributed by atoms with Crippen molar-refractivity contribution in [1.29, 1.82) is 0 Å². The summed E-state index contributed by atoms with van der Waals surface area (Å²) in [7, 11) is 0. The van der Waals surface area contributed by atoms with Gasteiger partial charge in [0.2, 0.25) is 5.56 Å². The average Bonchev–Trinajstić information content (AvgIpc) is 1.97. The van der Waals surface area contributed by atoms with Gasteiger partial charge in [-0.3, -0.25) is 0 Å². The summed E-state index contributed by atoms with van der Waals surface area (Å²) in [5.41, 5.74) is -1.60. The summed E-state index contributed by atoms with van der Waals surface area (Å²) >= 11 is 4.96. The molecule has 0 saturated carbocycles. The van der Waals surface area contributed by atoms with Gasteiger partial charge in [-0.05, 0) is 0 Å². The molecule has 5 heteroatoms. The summed E-state index contributed by atoms with van der Waals surface area (Å²) < 4.78 is 9.04. The van der Waals surface area contributed by atoms with Crippen LogP contribution in [0.25, 0.3) is 0 Å². The van der Waals surface area contributed by atoms with E-state index in [-0.39, 0.29) is 13.2 Å². The molecule has 1 unspecified atom stereocenters. The predicted molar refractivity (Wildman–Crippen MR) is 39.0 cm³/mol. The normalized spacial score (nSPS) is 11.8. The second kappa shape index (κ2) is 6.00. The van der Waals surface area contributed by atoms with Crippen LogP contribution >= 0.6 is 11.6 Å². The molecular weight excluding hydrogens is 172 g/mol. The van der Waals surface area contributed by atoms with Gasteiger partial charge in [0.05, 0.1) is 6.26 Å². The third-order valence-corrected chi connectivity index (χ3v) is 0.936. The van der Waals surface area contributed by atoms with E-state index in [4.69, 9.17) is 16.7 Å². The van der Waals surface area contributed by atoms with Crippen molar-refractivity contribution < 1.29 is 19.4 Å². The number of alkyl halides is 1. The molecule has 1 N–H and O–H groups in total. The van der Waals surface area contributed by atoms with Gasteiger partial charge in [0.1, 0.15) is 13.2 Å². The van der Waals surface area contributed by atoms with Crippen LogP contribution in [0.2, 0.25) is 0 Å². The lowest BCUT2D eigenvalue weighted by Gasteiger charge is -2.04. The maximum absolute atomic E-state index is 10.4. The minimum absolute atomic E-state index is 0.0502. The van der Waals surface area contributed by atoms with Crippen LogP contribution in [0.3, 0.4) is 0 Å². The molecule has 0 aromatic carbocycles. The van der Waals surface area contributed by atoms with Gasteiger partial charge in [0, 0.05) is 0 Å². The lowest BCUT2D eigenvalue weighted by Crippen LogP contribution is -2.18. The summed E-state index contributed by atoms with van der Waals surface area (Å²) in [6.07, 6.45) is 1.23. The Balaban J connectivity index is 3.24. The topological polar surface area (TPSA) is 55.8 Å². The van der Waals surface area contributed by atoms with Crippen molar-refractivity contribution >= 4 is 17.6 Å². The maximum atomic E-state index is 10.4. The first-order chi connectivity index (χ1) is 5.18. The first kappa shape index (κ1) is 10.3. The van der Waals surface area contributed by atoms with Gasteiger partial charge in [-0.25, -0.2) is 4.79 Å². The molecule has 0 radical (unpaired) electrons. The van der Waals surface area contributed by atoms with Crippen molar-refractivity contribution in [3.8, 4) is 0 Å². The Morgan fingerprint density at radius 1 is 1.73 bits per heavy atom. The van der Waals surface area contributed by atoms with E-state index in [2.05, 4.69) is 16.1 Å².